The molecule has 14 heavy (non-hydrogen) atoms. The lowest BCUT2D eigenvalue weighted by Gasteiger charge is -2.01. The second kappa shape index (κ2) is 4.41. The first-order valence-electron chi connectivity index (χ1n) is 3.94. The fourth-order valence-corrected chi connectivity index (χ4v) is 1.68. The summed E-state index contributed by atoms with van der Waals surface area (Å²) in [7, 11) is 2.82. The highest BCUT2D eigenvalue weighted by atomic mass is 79.9. The summed E-state index contributed by atoms with van der Waals surface area (Å²) in [5.41, 5.74) is 1.17. The maximum atomic E-state index is 11.4. The van der Waals surface area contributed by atoms with Crippen LogP contribution in [0.3, 0.4) is 0 Å². The van der Waals surface area contributed by atoms with Gasteiger partial charge < -0.3 is 4.74 Å². The lowest BCUT2D eigenvalue weighted by Crippen LogP contribution is -2.47. The predicted molar refractivity (Wildman–Crippen MR) is 52.9 cm³/mol. The molecule has 0 aliphatic carbocycles. The fourth-order valence-electron chi connectivity index (χ4n) is 1.15. The Balaban J connectivity index is 3.32. The molecule has 0 atom stereocenters. The Bertz CT molecular complexity index is 365. The van der Waals surface area contributed by atoms with E-state index in [0.29, 0.717) is 5.69 Å². The van der Waals surface area contributed by atoms with Gasteiger partial charge in [-0.15, -0.1) is 0 Å². The molecule has 0 saturated heterocycles. The van der Waals surface area contributed by atoms with Crippen molar-refractivity contribution in [2.24, 2.45) is 0 Å². The van der Waals surface area contributed by atoms with Crippen molar-refractivity contribution in [1.82, 2.24) is 0 Å². The topological polar surface area (TPSA) is 39.4 Å². The van der Waals surface area contributed by atoms with Crippen LogP contribution >= 0.6 is 15.9 Å². The first-order valence-corrected chi connectivity index (χ1v) is 4.74. The van der Waals surface area contributed by atoms with Gasteiger partial charge in [-0.05, 0) is 28.9 Å². The lowest BCUT2D eigenvalue weighted by molar-refractivity contribution is -0.887. The second-order valence-electron chi connectivity index (χ2n) is 2.69. The third kappa shape index (κ3) is 2.04. The van der Waals surface area contributed by atoms with E-state index in [0.717, 1.165) is 10.0 Å². The van der Waals surface area contributed by atoms with E-state index in [1.807, 2.05) is 13.0 Å². The number of hydrogen-bond acceptors (Lipinski definition) is 3. The molecule has 0 fully saturated rings. The molecule has 0 amide bonds. The van der Waals surface area contributed by atoms with Gasteiger partial charge in [-0.1, -0.05) is 0 Å². The molecule has 1 rings (SSSR count). The van der Waals surface area contributed by atoms with Crippen molar-refractivity contribution in [2.75, 3.05) is 14.2 Å². The van der Waals surface area contributed by atoms with Crippen LogP contribution in [0.5, 0.6) is 0 Å². The Kier molecular flexibility index (Phi) is 3.46. The van der Waals surface area contributed by atoms with E-state index in [2.05, 4.69) is 20.7 Å². The average molecular weight is 261 g/mol. The van der Waals surface area contributed by atoms with Crippen LogP contribution in [0.15, 0.2) is 16.7 Å². The van der Waals surface area contributed by atoms with Crippen molar-refractivity contribution in [1.29, 1.82) is 0 Å². The second-order valence-corrected chi connectivity index (χ2v) is 3.61. The summed E-state index contributed by atoms with van der Waals surface area (Å²) in [6, 6.07) is 1.82. The van der Waals surface area contributed by atoms with Crippen LogP contribution in [0.1, 0.15) is 16.1 Å². The lowest BCUT2D eigenvalue weighted by atomic mass is 10.2. The van der Waals surface area contributed by atoms with Gasteiger partial charge in [0.1, 0.15) is 7.11 Å². The Hall–Kier alpha value is -1.10. The monoisotopic (exact) mass is 260 g/mol. The van der Waals surface area contributed by atoms with Crippen LogP contribution in [-0.4, -0.2) is 20.2 Å². The van der Waals surface area contributed by atoms with Crippen LogP contribution in [0.25, 0.3) is 0 Å². The first-order chi connectivity index (χ1) is 6.60. The van der Waals surface area contributed by atoms with Crippen molar-refractivity contribution >= 4 is 21.9 Å². The number of methoxy groups -OCH3 is 1. The quantitative estimate of drug-likeness (QED) is 0.586. The van der Waals surface area contributed by atoms with Crippen LogP contribution in [0.4, 0.5) is 0 Å². The van der Waals surface area contributed by atoms with Gasteiger partial charge in [0.05, 0.1) is 11.6 Å². The highest BCUT2D eigenvalue weighted by Gasteiger charge is 2.25. The van der Waals surface area contributed by atoms with Crippen molar-refractivity contribution < 1.29 is 19.1 Å². The van der Waals surface area contributed by atoms with Gasteiger partial charge in [-0.2, -0.15) is 0 Å². The van der Waals surface area contributed by atoms with Crippen LogP contribution in [0, 0.1) is 6.92 Å². The zero-order valence-corrected chi connectivity index (χ0v) is 9.79. The Morgan fingerprint density at radius 2 is 2.14 bits per heavy atom. The molecule has 0 aromatic carbocycles. The SMILES string of the molecule is COC(=O)c1c(C)cc(Br)c[n+]1OC. The number of rotatable bonds is 2. The molecular weight excluding hydrogens is 250 g/mol. The predicted octanol–water partition coefficient (Wildman–Crippen LogP) is 0.890. The van der Waals surface area contributed by atoms with Gasteiger partial charge in [-0.3, -0.25) is 4.84 Å². The number of aryl methyl sites for hydroxylation is 1. The van der Waals surface area contributed by atoms with Crippen molar-refractivity contribution in [3.63, 3.8) is 0 Å². The molecule has 1 heterocycles. The summed E-state index contributed by atoms with van der Waals surface area (Å²) in [6.07, 6.45) is 1.65. The fraction of sp³-hybridized carbons (Fsp3) is 0.333. The summed E-state index contributed by atoms with van der Waals surface area (Å²) >= 11 is 3.31. The molecule has 0 N–H and O–H groups in total. The summed E-state index contributed by atoms with van der Waals surface area (Å²) in [4.78, 5) is 16.4. The summed E-state index contributed by atoms with van der Waals surface area (Å²) in [5, 5.41) is 0. The highest BCUT2D eigenvalue weighted by Crippen LogP contribution is 2.11. The van der Waals surface area contributed by atoms with Crippen molar-refractivity contribution in [3.8, 4) is 0 Å². The largest absolute Gasteiger partial charge is 0.461 e. The standard InChI is InChI=1S/C9H11BrNO3/c1-6-4-7(10)5-11(14-3)8(6)9(12)13-2/h4-5H,1-3H3/q+1. The van der Waals surface area contributed by atoms with Crippen LogP contribution in [0.2, 0.25) is 0 Å². The summed E-state index contributed by atoms with van der Waals surface area (Å²) < 4.78 is 6.85. The van der Waals surface area contributed by atoms with Gasteiger partial charge in [-0.25, -0.2) is 4.79 Å². The molecule has 1 aromatic heterocycles. The number of halogens is 1. The number of aromatic nitrogens is 1. The van der Waals surface area contributed by atoms with Gasteiger partial charge in [0.15, 0.2) is 0 Å². The minimum atomic E-state index is -0.420. The highest BCUT2D eigenvalue weighted by molar-refractivity contribution is 9.10. The Morgan fingerprint density at radius 3 is 2.64 bits per heavy atom. The van der Waals surface area contributed by atoms with E-state index < -0.39 is 5.97 Å². The molecule has 0 aliphatic heterocycles. The molecule has 0 saturated carbocycles. The molecule has 76 valence electrons. The third-order valence-corrected chi connectivity index (χ3v) is 2.20. The van der Waals surface area contributed by atoms with Gasteiger partial charge in [0.25, 0.3) is 0 Å². The summed E-state index contributed by atoms with van der Waals surface area (Å²) in [5.74, 6) is -0.420. The normalized spacial score (nSPS) is 9.71. The van der Waals surface area contributed by atoms with Crippen LogP contribution < -0.4 is 9.57 Å². The maximum Gasteiger partial charge on any atom is 0.408 e. The first kappa shape index (κ1) is 11.0. The minimum Gasteiger partial charge on any atom is -0.461 e. The third-order valence-electron chi connectivity index (χ3n) is 1.76. The Morgan fingerprint density at radius 1 is 1.50 bits per heavy atom. The average Bonchev–Trinajstić information content (AvgIpc) is 2.15. The van der Waals surface area contributed by atoms with E-state index in [4.69, 9.17) is 4.84 Å². The zero-order chi connectivity index (χ0) is 10.7. The molecule has 0 spiro atoms. The van der Waals surface area contributed by atoms with Gasteiger partial charge in [0.2, 0.25) is 6.20 Å². The molecule has 0 aliphatic rings. The van der Waals surface area contributed by atoms with E-state index in [-0.39, 0.29) is 0 Å². The van der Waals surface area contributed by atoms with Gasteiger partial charge >= 0.3 is 11.7 Å². The molecular formula is C9H11BrNO3+. The number of nitrogens with zero attached hydrogens (tertiary/aromatic N) is 1. The number of esters is 1. The maximum absolute atomic E-state index is 11.4. The number of carbonyl (C=O) groups excluding carboxylic acids is 1. The van der Waals surface area contributed by atoms with Gasteiger partial charge in [0, 0.05) is 10.3 Å². The molecule has 5 heteroatoms. The zero-order valence-electron chi connectivity index (χ0n) is 8.20. The molecule has 4 nitrogen and oxygen atoms in total. The minimum absolute atomic E-state index is 0.387. The van der Waals surface area contributed by atoms with Crippen LogP contribution in [-0.2, 0) is 4.74 Å². The van der Waals surface area contributed by atoms with E-state index in [1.54, 1.807) is 6.20 Å². The van der Waals surface area contributed by atoms with Crippen molar-refractivity contribution in [2.45, 2.75) is 6.92 Å². The number of pyridine rings is 1. The smallest absolute Gasteiger partial charge is 0.408 e. The van der Waals surface area contributed by atoms with E-state index in [9.17, 15) is 4.79 Å². The molecule has 0 unspecified atom stereocenters. The number of ether oxygens (including phenoxy) is 1. The van der Waals surface area contributed by atoms with E-state index >= 15 is 0 Å². The number of hydrogen-bond donors (Lipinski definition) is 0. The van der Waals surface area contributed by atoms with E-state index in [1.165, 1.54) is 19.0 Å². The Labute approximate surface area is 90.5 Å². The molecule has 0 radical (unpaired) electrons. The summed E-state index contributed by atoms with van der Waals surface area (Å²) in [6.45, 7) is 1.81. The van der Waals surface area contributed by atoms with Crippen molar-refractivity contribution in [3.05, 3.63) is 28.0 Å². The molecule has 0 bridgehead atoms. The number of carbonyl (C=O) groups is 1. The molecule has 1 aromatic rings.